The lowest BCUT2D eigenvalue weighted by Crippen LogP contribution is -2.47. The highest BCUT2D eigenvalue weighted by Gasteiger charge is 2.32. The van der Waals surface area contributed by atoms with E-state index < -0.39 is 0 Å². The predicted octanol–water partition coefficient (Wildman–Crippen LogP) is 1.39. The summed E-state index contributed by atoms with van der Waals surface area (Å²) < 4.78 is 1.94. The van der Waals surface area contributed by atoms with Gasteiger partial charge in [0.15, 0.2) is 0 Å². The highest BCUT2D eigenvalue weighted by molar-refractivity contribution is 4.91. The minimum Gasteiger partial charge on any atom is -0.325 e. The van der Waals surface area contributed by atoms with Crippen LogP contribution in [0.15, 0.2) is 6.20 Å². The maximum Gasteiger partial charge on any atom is 0.0962 e. The van der Waals surface area contributed by atoms with Crippen molar-refractivity contribution in [3.63, 3.8) is 0 Å². The van der Waals surface area contributed by atoms with Crippen molar-refractivity contribution in [3.8, 4) is 0 Å². The second-order valence-electron chi connectivity index (χ2n) is 5.97. The average molecular weight is 263 g/mol. The van der Waals surface area contributed by atoms with E-state index in [4.69, 9.17) is 5.73 Å². The number of hydrogen-bond acceptors (Lipinski definition) is 4. The van der Waals surface area contributed by atoms with E-state index in [1.165, 1.54) is 45.1 Å². The SMILES string of the molecule is NCc1cn(CCN2CCC[C@H]3CCCC[C@H]32)nn1. The predicted molar refractivity (Wildman–Crippen MR) is 74.5 cm³/mol. The van der Waals surface area contributed by atoms with Crippen molar-refractivity contribution in [2.45, 2.75) is 57.7 Å². The molecule has 1 aliphatic heterocycles. The summed E-state index contributed by atoms with van der Waals surface area (Å²) >= 11 is 0. The first-order chi connectivity index (χ1) is 9.36. The lowest BCUT2D eigenvalue weighted by molar-refractivity contribution is 0.0573. The number of fused-ring (bicyclic) bond motifs is 1. The standard InChI is InChI=1S/C14H25N5/c15-10-13-11-19(17-16-13)9-8-18-7-3-5-12-4-1-2-6-14(12)18/h11-12,14H,1-10,15H2/t12-,14-/m1/s1. The van der Waals surface area contributed by atoms with Crippen LogP contribution < -0.4 is 5.73 Å². The largest absolute Gasteiger partial charge is 0.325 e. The van der Waals surface area contributed by atoms with Crippen LogP contribution in [0.5, 0.6) is 0 Å². The first kappa shape index (κ1) is 13.1. The summed E-state index contributed by atoms with van der Waals surface area (Å²) in [4.78, 5) is 2.69. The molecule has 1 aromatic rings. The normalized spacial score (nSPS) is 28.3. The molecule has 106 valence electrons. The van der Waals surface area contributed by atoms with Gasteiger partial charge in [-0.2, -0.15) is 0 Å². The third-order valence-corrected chi connectivity index (χ3v) is 4.77. The Bertz CT molecular complexity index is 400. The topological polar surface area (TPSA) is 60.0 Å². The molecule has 0 radical (unpaired) electrons. The van der Waals surface area contributed by atoms with Crippen molar-refractivity contribution in [2.75, 3.05) is 13.1 Å². The summed E-state index contributed by atoms with van der Waals surface area (Å²) in [6, 6.07) is 0.833. The number of hydrogen-bond donors (Lipinski definition) is 1. The van der Waals surface area contributed by atoms with Crippen LogP contribution >= 0.6 is 0 Å². The molecule has 2 heterocycles. The zero-order chi connectivity index (χ0) is 13.1. The molecule has 0 amide bonds. The van der Waals surface area contributed by atoms with Crippen LogP contribution in [0.2, 0.25) is 0 Å². The lowest BCUT2D eigenvalue weighted by Gasteiger charge is -2.44. The fourth-order valence-electron chi connectivity index (χ4n) is 3.78. The van der Waals surface area contributed by atoms with Crippen LogP contribution in [0.1, 0.15) is 44.2 Å². The molecule has 0 unspecified atom stereocenters. The highest BCUT2D eigenvalue weighted by atomic mass is 15.4. The minimum absolute atomic E-state index is 0.481. The molecule has 2 fully saturated rings. The Hall–Kier alpha value is -0.940. The van der Waals surface area contributed by atoms with Gasteiger partial charge in [0.05, 0.1) is 12.2 Å². The summed E-state index contributed by atoms with van der Waals surface area (Å²) in [7, 11) is 0. The number of piperidine rings is 1. The van der Waals surface area contributed by atoms with Crippen molar-refractivity contribution in [1.29, 1.82) is 0 Å². The van der Waals surface area contributed by atoms with E-state index in [1.807, 2.05) is 10.9 Å². The lowest BCUT2D eigenvalue weighted by atomic mass is 9.78. The third-order valence-electron chi connectivity index (χ3n) is 4.77. The van der Waals surface area contributed by atoms with Crippen LogP contribution in [0.3, 0.4) is 0 Å². The first-order valence-electron chi connectivity index (χ1n) is 7.70. The number of nitrogens with zero attached hydrogens (tertiary/aromatic N) is 4. The number of nitrogens with two attached hydrogens (primary N) is 1. The van der Waals surface area contributed by atoms with Gasteiger partial charge in [-0.05, 0) is 38.1 Å². The smallest absolute Gasteiger partial charge is 0.0962 e. The van der Waals surface area contributed by atoms with Gasteiger partial charge in [-0.25, -0.2) is 0 Å². The zero-order valence-corrected chi connectivity index (χ0v) is 11.7. The second-order valence-corrected chi connectivity index (χ2v) is 5.97. The van der Waals surface area contributed by atoms with Gasteiger partial charge in [0.2, 0.25) is 0 Å². The molecule has 0 spiro atoms. The summed E-state index contributed by atoms with van der Waals surface area (Å²) in [6.07, 6.45) is 10.5. The first-order valence-corrected chi connectivity index (χ1v) is 7.70. The molecular formula is C14H25N5. The van der Waals surface area contributed by atoms with Crippen molar-refractivity contribution in [2.24, 2.45) is 11.7 Å². The van der Waals surface area contributed by atoms with Crippen molar-refractivity contribution >= 4 is 0 Å². The van der Waals surface area contributed by atoms with Crippen LogP contribution in [0.25, 0.3) is 0 Å². The van der Waals surface area contributed by atoms with Gasteiger partial charge in [-0.1, -0.05) is 18.1 Å². The maximum absolute atomic E-state index is 5.56. The van der Waals surface area contributed by atoms with E-state index in [2.05, 4.69) is 15.2 Å². The van der Waals surface area contributed by atoms with Gasteiger partial charge in [0, 0.05) is 25.3 Å². The Morgan fingerprint density at radius 1 is 1.16 bits per heavy atom. The van der Waals surface area contributed by atoms with Crippen LogP contribution in [0.4, 0.5) is 0 Å². The molecule has 5 heteroatoms. The Labute approximate surface area is 115 Å². The van der Waals surface area contributed by atoms with Gasteiger partial charge >= 0.3 is 0 Å². The fraction of sp³-hybridized carbons (Fsp3) is 0.857. The molecule has 0 aromatic carbocycles. The van der Waals surface area contributed by atoms with Gasteiger partial charge in [-0.3, -0.25) is 9.58 Å². The molecule has 0 bridgehead atoms. The van der Waals surface area contributed by atoms with Crippen molar-refractivity contribution < 1.29 is 0 Å². The van der Waals surface area contributed by atoms with Crippen LogP contribution in [-0.2, 0) is 13.1 Å². The van der Waals surface area contributed by atoms with Crippen molar-refractivity contribution in [1.82, 2.24) is 19.9 Å². The van der Waals surface area contributed by atoms with E-state index in [1.54, 1.807) is 0 Å². The third kappa shape index (κ3) is 2.98. The Kier molecular flexibility index (Phi) is 4.13. The molecule has 2 N–H and O–H groups in total. The van der Waals surface area contributed by atoms with Gasteiger partial charge in [0.1, 0.15) is 0 Å². The Morgan fingerprint density at radius 3 is 2.84 bits per heavy atom. The number of aromatic nitrogens is 3. The fourth-order valence-corrected chi connectivity index (χ4v) is 3.78. The second kappa shape index (κ2) is 6.01. The molecule has 1 aromatic heterocycles. The molecule has 3 rings (SSSR count). The molecule has 5 nitrogen and oxygen atoms in total. The van der Waals surface area contributed by atoms with E-state index >= 15 is 0 Å². The number of likely N-dealkylation sites (tertiary alicyclic amines) is 1. The van der Waals surface area contributed by atoms with E-state index in [0.29, 0.717) is 6.54 Å². The van der Waals surface area contributed by atoms with Gasteiger partial charge in [-0.15, -0.1) is 5.10 Å². The molecular weight excluding hydrogens is 238 g/mol. The van der Waals surface area contributed by atoms with Crippen molar-refractivity contribution in [3.05, 3.63) is 11.9 Å². The molecule has 1 saturated heterocycles. The quantitative estimate of drug-likeness (QED) is 0.892. The van der Waals surface area contributed by atoms with Crippen LogP contribution in [-0.4, -0.2) is 39.0 Å². The molecule has 19 heavy (non-hydrogen) atoms. The average Bonchev–Trinajstić information content (AvgIpc) is 2.93. The summed E-state index contributed by atoms with van der Waals surface area (Å²) in [5.74, 6) is 0.956. The Morgan fingerprint density at radius 2 is 2.00 bits per heavy atom. The van der Waals surface area contributed by atoms with E-state index in [0.717, 1.165) is 30.7 Å². The number of rotatable bonds is 4. The zero-order valence-electron chi connectivity index (χ0n) is 11.7. The molecule has 1 aliphatic carbocycles. The van der Waals surface area contributed by atoms with E-state index in [-0.39, 0.29) is 0 Å². The summed E-state index contributed by atoms with van der Waals surface area (Å²) in [5.41, 5.74) is 6.45. The van der Waals surface area contributed by atoms with Gasteiger partial charge in [0.25, 0.3) is 0 Å². The summed E-state index contributed by atoms with van der Waals surface area (Å²) in [5, 5.41) is 8.18. The monoisotopic (exact) mass is 263 g/mol. The molecule has 2 atom stereocenters. The minimum atomic E-state index is 0.481. The van der Waals surface area contributed by atoms with Gasteiger partial charge < -0.3 is 5.73 Å². The molecule has 1 saturated carbocycles. The maximum atomic E-state index is 5.56. The van der Waals surface area contributed by atoms with Crippen LogP contribution in [0, 0.1) is 5.92 Å². The van der Waals surface area contributed by atoms with E-state index in [9.17, 15) is 0 Å². The Balaban J connectivity index is 1.56. The summed E-state index contributed by atoms with van der Waals surface area (Å²) in [6.45, 7) is 3.79. The molecule has 2 aliphatic rings. The highest BCUT2D eigenvalue weighted by Crippen LogP contribution is 2.34.